The highest BCUT2D eigenvalue weighted by molar-refractivity contribution is 7.91. The molecule has 2 aromatic rings. The van der Waals surface area contributed by atoms with Crippen LogP contribution >= 0.6 is 0 Å². The molecule has 2 unspecified atom stereocenters. The largest absolute Gasteiger partial charge is 0.497 e. The smallest absolute Gasteiger partial charge is 0.252 e. The molecule has 202 valence electrons. The van der Waals surface area contributed by atoms with E-state index in [-0.39, 0.29) is 17.0 Å². The highest BCUT2D eigenvalue weighted by Crippen LogP contribution is 2.38. The summed E-state index contributed by atoms with van der Waals surface area (Å²) in [5.74, 6) is -2.58. The van der Waals surface area contributed by atoms with Crippen molar-refractivity contribution < 1.29 is 28.0 Å². The van der Waals surface area contributed by atoms with Crippen LogP contribution in [0, 0.1) is 5.92 Å². The first-order valence-corrected chi connectivity index (χ1v) is 13.5. The second-order valence-corrected chi connectivity index (χ2v) is 10.8. The molecule has 0 fully saturated rings. The summed E-state index contributed by atoms with van der Waals surface area (Å²) in [6, 6.07) is 9.45. The van der Waals surface area contributed by atoms with Crippen LogP contribution < -0.4 is 15.5 Å². The van der Waals surface area contributed by atoms with Gasteiger partial charge in [-0.15, -0.1) is 0 Å². The molecule has 1 aromatic heterocycles. The number of nitrogens with one attached hydrogen (secondary N) is 2. The second kappa shape index (κ2) is 12.2. The van der Waals surface area contributed by atoms with Crippen molar-refractivity contribution in [2.24, 2.45) is 5.92 Å². The number of rotatable bonds is 11. The number of methoxy groups -OCH3 is 1. The number of carbonyl (C=O) groups is 2. The van der Waals surface area contributed by atoms with E-state index in [0.717, 1.165) is 5.56 Å². The van der Waals surface area contributed by atoms with E-state index in [2.05, 4.69) is 16.9 Å². The van der Waals surface area contributed by atoms with Crippen molar-refractivity contribution in [3.05, 3.63) is 90.3 Å². The fourth-order valence-electron chi connectivity index (χ4n) is 4.44. The molecule has 0 bridgehead atoms. The van der Waals surface area contributed by atoms with E-state index < -0.39 is 39.0 Å². The molecule has 1 aliphatic carbocycles. The molecule has 2 amide bonds. The molecule has 38 heavy (non-hydrogen) atoms. The zero-order valence-corrected chi connectivity index (χ0v) is 22.4. The summed E-state index contributed by atoms with van der Waals surface area (Å²) in [6.07, 6.45) is 8.01. The van der Waals surface area contributed by atoms with Gasteiger partial charge in [-0.1, -0.05) is 24.8 Å². The third-order valence-electron chi connectivity index (χ3n) is 6.62. The number of nitrogens with zero attached hydrogens (tertiary/aromatic N) is 2. The molecule has 10 nitrogen and oxygen atoms in total. The fraction of sp³-hybridized carbons (Fsp3) is 0.296. The topological polar surface area (TPSA) is 138 Å². The van der Waals surface area contributed by atoms with Crippen LogP contribution in [-0.4, -0.2) is 60.4 Å². The van der Waals surface area contributed by atoms with Crippen molar-refractivity contribution in [1.82, 2.24) is 20.7 Å². The van der Waals surface area contributed by atoms with Crippen LogP contribution in [-0.2, 0) is 26.0 Å². The Hall–Kier alpha value is -3.80. The third-order valence-corrected chi connectivity index (χ3v) is 8.13. The second-order valence-electron chi connectivity index (χ2n) is 8.76. The zero-order valence-electron chi connectivity index (χ0n) is 21.5. The van der Waals surface area contributed by atoms with Crippen molar-refractivity contribution in [2.75, 3.05) is 19.5 Å². The quantitative estimate of drug-likeness (QED) is 0.224. The Labute approximate surface area is 222 Å². The molecule has 0 aliphatic heterocycles. The average molecular weight is 541 g/mol. The fourth-order valence-corrected chi connectivity index (χ4v) is 5.57. The van der Waals surface area contributed by atoms with Gasteiger partial charge in [-0.05, 0) is 61.4 Å². The molecule has 11 heteroatoms. The van der Waals surface area contributed by atoms with Gasteiger partial charge in [0.1, 0.15) is 11.6 Å². The predicted molar refractivity (Wildman–Crippen MR) is 142 cm³/mol. The van der Waals surface area contributed by atoms with Gasteiger partial charge in [0, 0.05) is 31.1 Å². The van der Waals surface area contributed by atoms with Gasteiger partial charge in [0.15, 0.2) is 9.84 Å². The van der Waals surface area contributed by atoms with Gasteiger partial charge >= 0.3 is 0 Å². The molecule has 0 radical (unpaired) electrons. The minimum Gasteiger partial charge on any atom is -0.497 e. The van der Waals surface area contributed by atoms with E-state index in [0.29, 0.717) is 17.9 Å². The number of ether oxygens (including phenoxy) is 1. The molecule has 0 spiro atoms. The first-order valence-electron chi connectivity index (χ1n) is 11.9. The Bertz CT molecular complexity index is 1340. The lowest BCUT2D eigenvalue weighted by Gasteiger charge is -2.43. The number of hydroxylamine groups is 1. The molecule has 2 atom stereocenters. The van der Waals surface area contributed by atoms with Crippen molar-refractivity contribution in [1.29, 1.82) is 0 Å². The van der Waals surface area contributed by atoms with E-state index in [9.17, 15) is 23.2 Å². The molecule has 1 aliphatic rings. The van der Waals surface area contributed by atoms with Gasteiger partial charge in [-0.2, -0.15) is 0 Å². The number of aromatic nitrogens is 1. The zero-order chi connectivity index (χ0) is 27.9. The van der Waals surface area contributed by atoms with Crippen LogP contribution in [0.2, 0.25) is 0 Å². The summed E-state index contributed by atoms with van der Waals surface area (Å²) in [4.78, 5) is 32.2. The maximum Gasteiger partial charge on any atom is 0.252 e. The van der Waals surface area contributed by atoms with Gasteiger partial charge < -0.3 is 9.64 Å². The Morgan fingerprint density at radius 2 is 1.84 bits per heavy atom. The van der Waals surface area contributed by atoms with Crippen molar-refractivity contribution in [3.63, 3.8) is 0 Å². The Balaban J connectivity index is 2.01. The summed E-state index contributed by atoms with van der Waals surface area (Å²) in [6.45, 7) is 8.13. The van der Waals surface area contributed by atoms with Gasteiger partial charge in [0.2, 0.25) is 0 Å². The van der Waals surface area contributed by atoms with E-state index in [1.54, 1.807) is 54.0 Å². The number of allylic oxidation sites excluding steroid dienone is 2. The highest BCUT2D eigenvalue weighted by Gasteiger charge is 2.49. The van der Waals surface area contributed by atoms with Crippen molar-refractivity contribution in [3.8, 4) is 5.75 Å². The van der Waals surface area contributed by atoms with Crippen LogP contribution in [0.5, 0.6) is 5.75 Å². The molecule has 3 rings (SSSR count). The summed E-state index contributed by atoms with van der Waals surface area (Å²) < 4.78 is 31.6. The van der Waals surface area contributed by atoms with E-state index >= 15 is 0 Å². The van der Waals surface area contributed by atoms with Crippen molar-refractivity contribution >= 4 is 21.7 Å². The van der Waals surface area contributed by atoms with Crippen molar-refractivity contribution in [2.45, 2.75) is 30.8 Å². The minimum atomic E-state index is -3.92. The first kappa shape index (κ1) is 28.8. The summed E-state index contributed by atoms with van der Waals surface area (Å²) >= 11 is 0. The Kier molecular flexibility index (Phi) is 9.21. The number of hydrogen-bond donors (Lipinski definition) is 3. The summed E-state index contributed by atoms with van der Waals surface area (Å²) in [5.41, 5.74) is 1.29. The number of amides is 2. The molecule has 3 N–H and O–H groups in total. The monoisotopic (exact) mass is 540 g/mol. The van der Waals surface area contributed by atoms with Gasteiger partial charge in [0.25, 0.3) is 11.8 Å². The SMILES string of the molecule is C=C(C(=O)N(CC)Cc1ccncc1)C1(NCS(=O)(=O)c2ccc(OC)cc2)C(C)=CC=CC1C(=O)NO. The maximum absolute atomic E-state index is 13.8. The lowest BCUT2D eigenvalue weighted by molar-refractivity contribution is -0.134. The first-order chi connectivity index (χ1) is 18.1. The maximum atomic E-state index is 13.8. The van der Waals surface area contributed by atoms with Crippen LogP contribution in [0.25, 0.3) is 0 Å². The molecule has 0 saturated heterocycles. The molecule has 1 heterocycles. The number of likely N-dealkylation sites (N-methyl/N-ethyl adjacent to an activating group) is 1. The van der Waals surface area contributed by atoms with E-state index in [1.165, 1.54) is 37.5 Å². The standard InChI is InChI=1S/C27H32N4O6S/c1-5-31(17-21-13-15-28-16-14-21)26(33)20(3)27(19(2)7-6-8-24(27)25(32)30-34)29-18-38(35,36)23-11-9-22(37-4)10-12-23/h6-16,24,29,34H,3,5,17-18H2,1-2,4H3,(H,30,32). The summed E-state index contributed by atoms with van der Waals surface area (Å²) in [5, 5.41) is 12.5. The molecule has 1 aromatic carbocycles. The predicted octanol–water partition coefficient (Wildman–Crippen LogP) is 2.39. The lowest BCUT2D eigenvalue weighted by Crippen LogP contribution is -2.61. The van der Waals surface area contributed by atoms with E-state index in [4.69, 9.17) is 4.74 Å². The summed E-state index contributed by atoms with van der Waals surface area (Å²) in [7, 11) is -2.44. The number of benzene rings is 1. The number of carbonyl (C=O) groups excluding carboxylic acids is 2. The Morgan fingerprint density at radius 3 is 2.42 bits per heavy atom. The highest BCUT2D eigenvalue weighted by atomic mass is 32.2. The van der Waals surface area contributed by atoms with Crippen LogP contribution in [0.1, 0.15) is 19.4 Å². The molecular formula is C27H32N4O6S. The minimum absolute atomic E-state index is 0.0295. The molecular weight excluding hydrogens is 508 g/mol. The number of sulfone groups is 1. The van der Waals surface area contributed by atoms with Gasteiger partial charge in [-0.25, -0.2) is 13.9 Å². The lowest BCUT2D eigenvalue weighted by atomic mass is 9.70. The third kappa shape index (κ3) is 5.85. The normalized spacial score (nSPS) is 18.8. The van der Waals surface area contributed by atoms with Crippen LogP contribution in [0.3, 0.4) is 0 Å². The van der Waals surface area contributed by atoms with Crippen LogP contribution in [0.15, 0.2) is 89.6 Å². The average Bonchev–Trinajstić information content (AvgIpc) is 2.94. The number of hydrogen-bond acceptors (Lipinski definition) is 8. The van der Waals surface area contributed by atoms with E-state index in [1.807, 2.05) is 6.92 Å². The number of pyridine rings is 1. The van der Waals surface area contributed by atoms with Gasteiger partial charge in [0.05, 0.1) is 23.5 Å². The van der Waals surface area contributed by atoms with Crippen LogP contribution in [0.4, 0.5) is 0 Å². The Morgan fingerprint density at radius 1 is 1.18 bits per heavy atom. The van der Waals surface area contributed by atoms with Gasteiger partial charge in [-0.3, -0.25) is 25.1 Å². The molecule has 0 saturated carbocycles.